The molecule has 1 aromatic rings. The van der Waals surface area contributed by atoms with Gasteiger partial charge in [-0.15, -0.1) is 0 Å². The molecule has 21 heavy (non-hydrogen) atoms. The zero-order chi connectivity index (χ0) is 16.2. The van der Waals surface area contributed by atoms with Crippen LogP contribution >= 0.6 is 0 Å². The molecule has 1 rings (SSSR count). The molecule has 0 spiro atoms. The number of aromatic hydroxyl groups is 1. The number of hydrogen-bond acceptors (Lipinski definition) is 5. The summed E-state index contributed by atoms with van der Waals surface area (Å²) in [4.78, 5) is 23.8. The van der Waals surface area contributed by atoms with E-state index in [-0.39, 0.29) is 23.5 Å². The van der Waals surface area contributed by atoms with E-state index in [0.29, 0.717) is 0 Å². The van der Waals surface area contributed by atoms with Crippen LogP contribution in [0.5, 0.6) is 5.75 Å². The number of nitrogens with zero attached hydrogens (tertiary/aromatic N) is 1. The van der Waals surface area contributed by atoms with Gasteiger partial charge < -0.3 is 20.4 Å². The summed E-state index contributed by atoms with van der Waals surface area (Å²) in [6.45, 7) is 0.00847. The van der Waals surface area contributed by atoms with E-state index in [2.05, 4.69) is 5.32 Å². The number of nitrogens with one attached hydrogen (secondary N) is 1. The lowest BCUT2D eigenvalue weighted by Gasteiger charge is -2.17. The summed E-state index contributed by atoms with van der Waals surface area (Å²) in [7, 11) is -1.77. The van der Waals surface area contributed by atoms with Crippen LogP contribution in [-0.4, -0.2) is 61.1 Å². The average molecular weight is 316 g/mol. The van der Waals surface area contributed by atoms with Crippen molar-refractivity contribution in [3.8, 4) is 5.75 Å². The molecule has 0 bridgehead atoms. The quantitative estimate of drug-likeness (QED) is 0.683. The van der Waals surface area contributed by atoms with Gasteiger partial charge in [0.2, 0.25) is 0 Å². The van der Waals surface area contributed by atoms with E-state index in [4.69, 9.17) is 5.11 Å². The normalized spacial score (nSPS) is 11.0. The van der Waals surface area contributed by atoms with Crippen LogP contribution < -0.4 is 5.32 Å². The van der Waals surface area contributed by atoms with Gasteiger partial charge >= 0.3 is 12.0 Å². The van der Waals surface area contributed by atoms with E-state index in [1.54, 1.807) is 0 Å². The highest BCUT2D eigenvalue weighted by Gasteiger charge is 2.14. The van der Waals surface area contributed by atoms with Crippen molar-refractivity contribution < 1.29 is 28.2 Å². The minimum absolute atomic E-state index is 0.00847. The first-order valence-corrected chi connectivity index (χ1v) is 7.92. The number of carboxylic acids is 1. The van der Waals surface area contributed by atoms with E-state index in [1.165, 1.54) is 13.1 Å². The topological polar surface area (TPSA) is 124 Å². The van der Waals surface area contributed by atoms with Gasteiger partial charge in [0.25, 0.3) is 0 Å². The number of anilines is 1. The van der Waals surface area contributed by atoms with Crippen LogP contribution in [0, 0.1) is 0 Å². The number of benzene rings is 1. The first-order valence-electron chi connectivity index (χ1n) is 5.86. The molecule has 0 aliphatic heterocycles. The Bertz CT molecular complexity index is 656. The number of amides is 2. The lowest BCUT2D eigenvalue weighted by Crippen LogP contribution is -2.34. The Balaban J connectivity index is 2.75. The second-order valence-corrected chi connectivity index (χ2v) is 6.78. The van der Waals surface area contributed by atoms with Crippen molar-refractivity contribution in [2.75, 3.05) is 30.9 Å². The van der Waals surface area contributed by atoms with E-state index < -0.39 is 27.6 Å². The van der Waals surface area contributed by atoms with Gasteiger partial charge in [-0.05, 0) is 18.2 Å². The number of sulfone groups is 1. The SMILES string of the molecule is CN(CCS(C)(=O)=O)C(=O)Nc1ccc(O)c(C(=O)O)c1. The summed E-state index contributed by atoms with van der Waals surface area (Å²) in [6, 6.07) is 3.01. The lowest BCUT2D eigenvalue weighted by atomic mass is 10.2. The Morgan fingerprint density at radius 3 is 2.48 bits per heavy atom. The highest BCUT2D eigenvalue weighted by atomic mass is 32.2. The molecule has 2 amide bonds. The monoisotopic (exact) mass is 316 g/mol. The Labute approximate surface area is 121 Å². The number of hydrogen-bond donors (Lipinski definition) is 3. The van der Waals surface area contributed by atoms with E-state index >= 15 is 0 Å². The van der Waals surface area contributed by atoms with E-state index in [0.717, 1.165) is 23.3 Å². The predicted octanol–water partition coefficient (Wildman–Crippen LogP) is 0.599. The molecule has 0 aliphatic carbocycles. The number of aromatic carboxylic acids is 1. The van der Waals surface area contributed by atoms with Crippen LogP contribution in [-0.2, 0) is 9.84 Å². The van der Waals surface area contributed by atoms with Crippen molar-refractivity contribution in [2.45, 2.75) is 0 Å². The highest BCUT2D eigenvalue weighted by Crippen LogP contribution is 2.21. The smallest absolute Gasteiger partial charge is 0.339 e. The Hall–Kier alpha value is -2.29. The van der Waals surface area contributed by atoms with Crippen molar-refractivity contribution in [1.82, 2.24) is 4.90 Å². The lowest BCUT2D eigenvalue weighted by molar-refractivity contribution is 0.0693. The minimum atomic E-state index is -3.18. The van der Waals surface area contributed by atoms with Crippen molar-refractivity contribution in [1.29, 1.82) is 0 Å². The third-order valence-corrected chi connectivity index (χ3v) is 3.55. The fourth-order valence-corrected chi connectivity index (χ4v) is 2.01. The van der Waals surface area contributed by atoms with Crippen LogP contribution in [0.1, 0.15) is 10.4 Å². The molecule has 0 atom stereocenters. The van der Waals surface area contributed by atoms with Crippen LogP contribution in [0.15, 0.2) is 18.2 Å². The summed E-state index contributed by atoms with van der Waals surface area (Å²) < 4.78 is 22.0. The maximum absolute atomic E-state index is 11.8. The Morgan fingerprint density at radius 2 is 1.95 bits per heavy atom. The van der Waals surface area contributed by atoms with Crippen LogP contribution in [0.3, 0.4) is 0 Å². The third kappa shape index (κ3) is 5.30. The molecule has 0 fully saturated rings. The summed E-state index contributed by atoms with van der Waals surface area (Å²) in [5, 5.41) is 20.6. The molecule has 0 aliphatic rings. The maximum atomic E-state index is 11.8. The van der Waals surface area contributed by atoms with Gasteiger partial charge in [0.05, 0.1) is 5.75 Å². The zero-order valence-electron chi connectivity index (χ0n) is 11.5. The Kier molecular flexibility index (Phi) is 5.14. The number of carboxylic acid groups (broad SMARTS) is 1. The molecule has 0 saturated heterocycles. The molecular formula is C12H16N2O6S. The molecule has 116 valence electrons. The van der Waals surface area contributed by atoms with Crippen molar-refractivity contribution in [2.24, 2.45) is 0 Å². The first kappa shape index (κ1) is 16.8. The second kappa shape index (κ2) is 6.44. The molecule has 0 radical (unpaired) electrons. The van der Waals surface area contributed by atoms with Gasteiger partial charge in [-0.2, -0.15) is 0 Å². The average Bonchev–Trinajstić information content (AvgIpc) is 2.36. The van der Waals surface area contributed by atoms with Gasteiger partial charge in [-0.1, -0.05) is 0 Å². The summed E-state index contributed by atoms with van der Waals surface area (Å²) in [5.74, 6) is -1.91. The fraction of sp³-hybridized carbons (Fsp3) is 0.333. The first-order chi connectivity index (χ1) is 9.60. The summed E-state index contributed by atoms with van der Waals surface area (Å²) >= 11 is 0. The molecule has 8 nitrogen and oxygen atoms in total. The van der Waals surface area contributed by atoms with Gasteiger partial charge in [0, 0.05) is 25.5 Å². The van der Waals surface area contributed by atoms with E-state index in [1.807, 2.05) is 0 Å². The molecule has 3 N–H and O–H groups in total. The van der Waals surface area contributed by atoms with E-state index in [9.17, 15) is 23.1 Å². The standard InChI is InChI=1S/C12H16N2O6S/c1-14(5-6-21(2,19)20)12(18)13-8-3-4-10(15)9(7-8)11(16)17/h3-4,7,15H,5-6H2,1-2H3,(H,13,18)(H,16,17). The molecule has 1 aromatic carbocycles. The predicted molar refractivity (Wildman–Crippen MR) is 76.4 cm³/mol. The largest absolute Gasteiger partial charge is 0.507 e. The number of rotatable bonds is 5. The summed E-state index contributed by atoms with van der Waals surface area (Å²) in [6.07, 6.45) is 1.07. The fourth-order valence-electron chi connectivity index (χ4n) is 1.41. The molecule has 9 heteroatoms. The molecule has 0 aromatic heterocycles. The molecule has 0 heterocycles. The zero-order valence-corrected chi connectivity index (χ0v) is 12.3. The highest BCUT2D eigenvalue weighted by molar-refractivity contribution is 7.90. The maximum Gasteiger partial charge on any atom is 0.339 e. The Morgan fingerprint density at radius 1 is 1.33 bits per heavy atom. The van der Waals surface area contributed by atoms with Gasteiger partial charge in [0.1, 0.15) is 21.2 Å². The van der Waals surface area contributed by atoms with Crippen LogP contribution in [0.4, 0.5) is 10.5 Å². The number of phenols is 1. The van der Waals surface area contributed by atoms with Gasteiger partial charge in [0.15, 0.2) is 0 Å². The second-order valence-electron chi connectivity index (χ2n) is 4.52. The molecule has 0 unspecified atom stereocenters. The third-order valence-electron chi connectivity index (χ3n) is 2.62. The van der Waals surface area contributed by atoms with Gasteiger partial charge in [-0.25, -0.2) is 18.0 Å². The summed E-state index contributed by atoms with van der Waals surface area (Å²) in [5.41, 5.74) is -0.159. The van der Waals surface area contributed by atoms with Crippen molar-refractivity contribution in [3.05, 3.63) is 23.8 Å². The molecular weight excluding hydrogens is 300 g/mol. The number of urea groups is 1. The van der Waals surface area contributed by atoms with Crippen molar-refractivity contribution in [3.63, 3.8) is 0 Å². The number of carbonyl (C=O) groups excluding carboxylic acids is 1. The van der Waals surface area contributed by atoms with Crippen LogP contribution in [0.25, 0.3) is 0 Å². The van der Waals surface area contributed by atoms with Gasteiger partial charge in [-0.3, -0.25) is 0 Å². The molecule has 0 saturated carbocycles. The minimum Gasteiger partial charge on any atom is -0.507 e. The van der Waals surface area contributed by atoms with Crippen LogP contribution in [0.2, 0.25) is 0 Å². The number of carbonyl (C=O) groups is 2. The van der Waals surface area contributed by atoms with Crippen molar-refractivity contribution >= 4 is 27.5 Å².